The molecular weight excluding hydrogens is 334 g/mol. The Hall–Kier alpha value is -2.28. The van der Waals surface area contributed by atoms with Gasteiger partial charge < -0.3 is 25.0 Å². The number of amides is 3. The van der Waals surface area contributed by atoms with Gasteiger partial charge in [0.1, 0.15) is 19.0 Å². The summed E-state index contributed by atoms with van der Waals surface area (Å²) in [5, 5.41) is 5.94. The van der Waals surface area contributed by atoms with Crippen LogP contribution in [0.4, 0.5) is 10.5 Å². The molecule has 1 fully saturated rings. The lowest BCUT2D eigenvalue weighted by molar-refractivity contribution is -0.119. The van der Waals surface area contributed by atoms with E-state index in [1.54, 1.807) is 11.0 Å². The van der Waals surface area contributed by atoms with Crippen LogP contribution in [0, 0.1) is 0 Å². The van der Waals surface area contributed by atoms with E-state index in [4.69, 9.17) is 9.47 Å². The number of hydrogen-bond donors (Lipinski definition) is 2. The second-order valence-electron chi connectivity index (χ2n) is 6.86. The maximum atomic E-state index is 12.6. The predicted octanol–water partition coefficient (Wildman–Crippen LogP) is 2.51. The molecule has 7 heteroatoms. The van der Waals surface area contributed by atoms with E-state index in [1.807, 2.05) is 12.1 Å². The molecule has 1 heterocycles. The minimum absolute atomic E-state index is 0.00348. The van der Waals surface area contributed by atoms with E-state index >= 15 is 0 Å². The Kier molecular flexibility index (Phi) is 6.33. The third-order valence-electron chi connectivity index (χ3n) is 4.82. The Morgan fingerprint density at radius 3 is 2.85 bits per heavy atom. The number of anilines is 1. The van der Waals surface area contributed by atoms with Crippen LogP contribution in [0.3, 0.4) is 0 Å². The van der Waals surface area contributed by atoms with Gasteiger partial charge in [0.25, 0.3) is 0 Å². The number of carbonyl (C=O) groups excluding carboxylic acids is 2. The van der Waals surface area contributed by atoms with Crippen molar-refractivity contribution in [3.05, 3.63) is 23.8 Å². The molecule has 3 amide bonds. The summed E-state index contributed by atoms with van der Waals surface area (Å²) in [6.45, 7) is 1.46. The predicted molar refractivity (Wildman–Crippen MR) is 98.3 cm³/mol. The molecule has 2 N–H and O–H groups in total. The Bertz CT molecular complexity index is 644. The van der Waals surface area contributed by atoms with Gasteiger partial charge in [-0.2, -0.15) is 0 Å². The molecule has 0 spiro atoms. The molecule has 142 valence electrons. The Morgan fingerprint density at radius 1 is 1.27 bits per heavy atom. The first kappa shape index (κ1) is 18.5. The molecule has 0 saturated heterocycles. The Morgan fingerprint density at radius 2 is 2.08 bits per heavy atom. The largest absolute Gasteiger partial charge is 0.491 e. The average Bonchev–Trinajstić information content (AvgIpc) is 2.85. The molecule has 1 aliphatic heterocycles. The zero-order valence-electron chi connectivity index (χ0n) is 15.3. The maximum Gasteiger partial charge on any atom is 0.318 e. The lowest BCUT2D eigenvalue weighted by atomic mass is 9.96. The second kappa shape index (κ2) is 8.89. The molecule has 3 rings (SSSR count). The van der Waals surface area contributed by atoms with Crippen molar-refractivity contribution in [3.8, 4) is 5.75 Å². The topological polar surface area (TPSA) is 79.9 Å². The van der Waals surface area contributed by atoms with Gasteiger partial charge in [-0.05, 0) is 31.0 Å². The average molecular weight is 361 g/mol. The number of ether oxygens (including phenoxy) is 2. The highest BCUT2D eigenvalue weighted by Crippen LogP contribution is 2.27. The number of methoxy groups -OCH3 is 1. The van der Waals surface area contributed by atoms with E-state index in [0.29, 0.717) is 25.4 Å². The monoisotopic (exact) mass is 361 g/mol. The van der Waals surface area contributed by atoms with Crippen LogP contribution in [0.15, 0.2) is 18.2 Å². The van der Waals surface area contributed by atoms with Gasteiger partial charge in [0.05, 0.1) is 13.1 Å². The van der Waals surface area contributed by atoms with E-state index in [0.717, 1.165) is 24.2 Å². The van der Waals surface area contributed by atoms with Gasteiger partial charge in [-0.15, -0.1) is 0 Å². The third kappa shape index (κ3) is 4.88. The van der Waals surface area contributed by atoms with Crippen molar-refractivity contribution in [1.29, 1.82) is 0 Å². The minimum Gasteiger partial charge on any atom is -0.491 e. The van der Waals surface area contributed by atoms with Crippen molar-refractivity contribution >= 4 is 17.6 Å². The first-order chi connectivity index (χ1) is 12.7. The van der Waals surface area contributed by atoms with Crippen LogP contribution in [0.2, 0.25) is 0 Å². The summed E-state index contributed by atoms with van der Waals surface area (Å²) in [5.41, 5.74) is 1.56. The van der Waals surface area contributed by atoms with Gasteiger partial charge >= 0.3 is 6.03 Å². The molecular formula is C19H27N3O4. The zero-order chi connectivity index (χ0) is 18.4. The highest BCUT2D eigenvalue weighted by Gasteiger charge is 2.23. The van der Waals surface area contributed by atoms with E-state index in [9.17, 15) is 9.59 Å². The van der Waals surface area contributed by atoms with Gasteiger partial charge in [-0.1, -0.05) is 19.3 Å². The van der Waals surface area contributed by atoms with Crippen LogP contribution >= 0.6 is 0 Å². The summed E-state index contributed by atoms with van der Waals surface area (Å²) in [7, 11) is 1.48. The highest BCUT2D eigenvalue weighted by molar-refractivity contribution is 5.91. The molecule has 26 heavy (non-hydrogen) atoms. The number of fused-ring (bicyclic) bond motifs is 1. The summed E-state index contributed by atoms with van der Waals surface area (Å²) in [5.74, 6) is 0.539. The van der Waals surface area contributed by atoms with Crippen molar-refractivity contribution in [3.63, 3.8) is 0 Å². The van der Waals surface area contributed by atoms with Crippen molar-refractivity contribution < 1.29 is 19.1 Å². The first-order valence-corrected chi connectivity index (χ1v) is 9.25. The van der Waals surface area contributed by atoms with Crippen molar-refractivity contribution in [2.24, 2.45) is 0 Å². The Labute approximate surface area is 154 Å². The summed E-state index contributed by atoms with van der Waals surface area (Å²) in [4.78, 5) is 26.1. The first-order valence-electron chi connectivity index (χ1n) is 9.25. The fourth-order valence-corrected chi connectivity index (χ4v) is 3.49. The van der Waals surface area contributed by atoms with Crippen LogP contribution in [0.1, 0.15) is 37.7 Å². The van der Waals surface area contributed by atoms with Crippen LogP contribution in [-0.2, 0) is 16.1 Å². The van der Waals surface area contributed by atoms with Gasteiger partial charge in [-0.25, -0.2) is 4.79 Å². The molecule has 2 aliphatic rings. The van der Waals surface area contributed by atoms with E-state index in [2.05, 4.69) is 10.6 Å². The van der Waals surface area contributed by atoms with Gasteiger partial charge in [0.2, 0.25) is 5.91 Å². The van der Waals surface area contributed by atoms with Crippen molar-refractivity contribution in [2.75, 3.05) is 32.2 Å². The number of benzene rings is 1. The molecule has 0 bridgehead atoms. The number of hydrogen-bond acceptors (Lipinski definition) is 4. The molecule has 1 aromatic rings. The SMILES string of the molecule is COCC(=O)Nc1ccc2c(c1)CN(C(=O)NC1CCCCC1)CCO2. The summed E-state index contributed by atoms with van der Waals surface area (Å²) >= 11 is 0. The molecule has 0 atom stereocenters. The summed E-state index contributed by atoms with van der Waals surface area (Å²) in [6.07, 6.45) is 5.74. The summed E-state index contributed by atoms with van der Waals surface area (Å²) in [6, 6.07) is 5.72. The quantitative estimate of drug-likeness (QED) is 0.864. The van der Waals surface area contributed by atoms with Gasteiger partial charge in [0.15, 0.2) is 0 Å². The third-order valence-corrected chi connectivity index (χ3v) is 4.82. The normalized spacial score (nSPS) is 17.7. The molecule has 1 aromatic carbocycles. The van der Waals surface area contributed by atoms with Crippen LogP contribution in [-0.4, -0.2) is 49.7 Å². The molecule has 0 radical (unpaired) electrons. The molecule has 0 aromatic heterocycles. The standard InChI is InChI=1S/C19H27N3O4/c1-25-13-18(23)20-16-7-8-17-14(11-16)12-22(9-10-26-17)19(24)21-15-5-3-2-4-6-15/h7-8,11,15H,2-6,9-10,12-13H2,1H3,(H,20,23)(H,21,24). The number of urea groups is 1. The molecule has 7 nitrogen and oxygen atoms in total. The number of carbonyl (C=O) groups is 2. The second-order valence-corrected chi connectivity index (χ2v) is 6.86. The highest BCUT2D eigenvalue weighted by atomic mass is 16.5. The maximum absolute atomic E-state index is 12.6. The lowest BCUT2D eigenvalue weighted by Gasteiger charge is -2.27. The Balaban J connectivity index is 1.65. The molecule has 1 aliphatic carbocycles. The summed E-state index contributed by atoms with van der Waals surface area (Å²) < 4.78 is 10.6. The molecule has 0 unspecified atom stereocenters. The van der Waals surface area contributed by atoms with Crippen LogP contribution in [0.5, 0.6) is 5.75 Å². The van der Waals surface area contributed by atoms with Crippen LogP contribution in [0.25, 0.3) is 0 Å². The van der Waals surface area contributed by atoms with E-state index in [1.165, 1.54) is 26.4 Å². The number of rotatable bonds is 4. The fourth-order valence-electron chi connectivity index (χ4n) is 3.49. The molecule has 1 saturated carbocycles. The minimum atomic E-state index is -0.214. The fraction of sp³-hybridized carbons (Fsp3) is 0.579. The van der Waals surface area contributed by atoms with Gasteiger partial charge in [-0.3, -0.25) is 4.79 Å². The van der Waals surface area contributed by atoms with Crippen molar-refractivity contribution in [1.82, 2.24) is 10.2 Å². The smallest absolute Gasteiger partial charge is 0.318 e. The van der Waals surface area contributed by atoms with E-state index in [-0.39, 0.29) is 24.6 Å². The zero-order valence-corrected chi connectivity index (χ0v) is 15.3. The lowest BCUT2D eigenvalue weighted by Crippen LogP contribution is -2.45. The van der Waals surface area contributed by atoms with Gasteiger partial charge in [0, 0.05) is 24.4 Å². The van der Waals surface area contributed by atoms with Crippen molar-refractivity contribution in [2.45, 2.75) is 44.7 Å². The van der Waals surface area contributed by atoms with Crippen LogP contribution < -0.4 is 15.4 Å². The number of nitrogens with one attached hydrogen (secondary N) is 2. The van der Waals surface area contributed by atoms with E-state index < -0.39 is 0 Å². The number of nitrogens with zero attached hydrogens (tertiary/aromatic N) is 1.